The predicted molar refractivity (Wildman–Crippen MR) is 118 cm³/mol. The van der Waals surface area contributed by atoms with Crippen molar-refractivity contribution >= 4 is 34.1 Å². The Hall–Kier alpha value is -3.46. The molecule has 0 spiro atoms. The summed E-state index contributed by atoms with van der Waals surface area (Å²) in [5, 5.41) is 6.99. The number of nitrogens with one attached hydrogen (secondary N) is 2. The average molecular weight is 424 g/mol. The number of nitrogens with two attached hydrogens (primary N) is 2. The molecule has 0 unspecified atom stereocenters. The lowest BCUT2D eigenvalue weighted by Gasteiger charge is -2.30. The monoisotopic (exact) mass is 424 g/mol. The Kier molecular flexibility index (Phi) is 5.85. The summed E-state index contributed by atoms with van der Waals surface area (Å²) in [7, 11) is 1.57. The number of anilines is 3. The molecule has 1 aromatic carbocycles. The summed E-state index contributed by atoms with van der Waals surface area (Å²) >= 11 is 0. The third kappa shape index (κ3) is 4.22. The van der Waals surface area contributed by atoms with E-state index in [2.05, 4.69) is 20.6 Å². The van der Waals surface area contributed by atoms with E-state index in [1.54, 1.807) is 31.5 Å². The molecule has 3 aromatic rings. The largest absolute Gasteiger partial charge is 0.494 e. The lowest BCUT2D eigenvalue weighted by atomic mass is 9.91. The molecular formula is C22H25FN6O2. The lowest BCUT2D eigenvalue weighted by molar-refractivity contribution is 0.100. The van der Waals surface area contributed by atoms with E-state index in [4.69, 9.17) is 16.2 Å². The first-order chi connectivity index (χ1) is 15.0. The average Bonchev–Trinajstić information content (AvgIpc) is 2.77. The van der Waals surface area contributed by atoms with E-state index in [1.807, 2.05) is 6.07 Å². The van der Waals surface area contributed by atoms with Crippen molar-refractivity contribution in [2.75, 3.05) is 17.7 Å². The molecule has 6 N–H and O–H groups in total. The number of carbonyl (C=O) groups is 1. The number of aromatic nitrogens is 2. The number of pyridine rings is 2. The summed E-state index contributed by atoms with van der Waals surface area (Å²) in [4.78, 5) is 20.7. The van der Waals surface area contributed by atoms with Crippen LogP contribution in [0, 0.1) is 5.82 Å². The van der Waals surface area contributed by atoms with Gasteiger partial charge in [0, 0.05) is 29.4 Å². The molecule has 31 heavy (non-hydrogen) atoms. The summed E-state index contributed by atoms with van der Waals surface area (Å²) in [5.41, 5.74) is 12.9. The van der Waals surface area contributed by atoms with Gasteiger partial charge in [-0.25, -0.2) is 9.37 Å². The van der Waals surface area contributed by atoms with Crippen molar-refractivity contribution in [1.29, 1.82) is 0 Å². The number of carbonyl (C=O) groups excluding carboxylic acids is 1. The second kappa shape index (κ2) is 8.73. The number of fused-ring (bicyclic) bond motifs is 1. The third-order valence-electron chi connectivity index (χ3n) is 5.59. The van der Waals surface area contributed by atoms with Crippen molar-refractivity contribution in [1.82, 2.24) is 9.97 Å². The molecule has 0 radical (unpaired) electrons. The fourth-order valence-electron chi connectivity index (χ4n) is 3.94. The molecule has 0 saturated heterocycles. The first-order valence-corrected chi connectivity index (χ1v) is 10.2. The van der Waals surface area contributed by atoms with Crippen LogP contribution < -0.4 is 26.8 Å². The zero-order valence-electron chi connectivity index (χ0n) is 17.2. The summed E-state index contributed by atoms with van der Waals surface area (Å²) < 4.78 is 20.1. The maximum atomic E-state index is 14.7. The van der Waals surface area contributed by atoms with Gasteiger partial charge >= 0.3 is 0 Å². The van der Waals surface area contributed by atoms with E-state index in [0.717, 1.165) is 37.1 Å². The molecular weight excluding hydrogens is 399 g/mol. The summed E-state index contributed by atoms with van der Waals surface area (Å²) in [6.45, 7) is 0. The van der Waals surface area contributed by atoms with Crippen LogP contribution in [-0.4, -0.2) is 35.1 Å². The Bertz CT molecular complexity index is 1120. The van der Waals surface area contributed by atoms with Gasteiger partial charge in [0.1, 0.15) is 17.1 Å². The van der Waals surface area contributed by atoms with E-state index in [0.29, 0.717) is 17.0 Å². The van der Waals surface area contributed by atoms with Crippen LogP contribution >= 0.6 is 0 Å². The Labute approximate surface area is 179 Å². The third-order valence-corrected chi connectivity index (χ3v) is 5.59. The SMILES string of the molecule is COc1ccc(Nc2nc(N[C@@H]3CCCC[C@@H]3N)c(F)cc2C(N)=O)c2cccnc12. The second-order valence-electron chi connectivity index (χ2n) is 7.62. The number of halogens is 1. The summed E-state index contributed by atoms with van der Waals surface area (Å²) in [5.74, 6) is -0.650. The molecule has 1 amide bonds. The van der Waals surface area contributed by atoms with E-state index in [-0.39, 0.29) is 29.3 Å². The van der Waals surface area contributed by atoms with Crippen molar-refractivity contribution < 1.29 is 13.9 Å². The van der Waals surface area contributed by atoms with E-state index in [1.165, 1.54) is 0 Å². The highest BCUT2D eigenvalue weighted by molar-refractivity contribution is 6.01. The number of amides is 1. The van der Waals surface area contributed by atoms with Gasteiger partial charge in [-0.05, 0) is 43.2 Å². The maximum Gasteiger partial charge on any atom is 0.252 e. The van der Waals surface area contributed by atoms with Crippen molar-refractivity contribution in [3.8, 4) is 5.75 Å². The molecule has 0 aliphatic heterocycles. The molecule has 1 fully saturated rings. The minimum absolute atomic E-state index is 0.0331. The normalized spacial score (nSPS) is 18.5. The highest BCUT2D eigenvalue weighted by Crippen LogP contribution is 2.33. The quantitative estimate of drug-likeness (QED) is 0.478. The van der Waals surface area contributed by atoms with Crippen LogP contribution in [0.5, 0.6) is 5.75 Å². The van der Waals surface area contributed by atoms with Crippen LogP contribution in [0.4, 0.5) is 21.7 Å². The molecule has 9 heteroatoms. The van der Waals surface area contributed by atoms with Crippen molar-refractivity contribution in [3.63, 3.8) is 0 Å². The van der Waals surface area contributed by atoms with Crippen LogP contribution in [0.15, 0.2) is 36.5 Å². The topological polar surface area (TPSA) is 128 Å². The Balaban J connectivity index is 1.74. The van der Waals surface area contributed by atoms with Gasteiger partial charge in [-0.1, -0.05) is 12.8 Å². The zero-order chi connectivity index (χ0) is 22.0. The molecule has 2 heterocycles. The number of rotatable bonds is 6. The first kappa shape index (κ1) is 20.8. The summed E-state index contributed by atoms with van der Waals surface area (Å²) in [6, 6.07) is 8.11. The molecule has 1 saturated carbocycles. The standard InChI is InChI=1S/C22H25FN6O2/c1-31-18-9-8-16(12-5-4-10-26-19(12)18)27-21-13(20(25)30)11-14(23)22(29-21)28-17-7-3-2-6-15(17)24/h4-5,8-11,15,17H,2-3,6-7,24H2,1H3,(H2,25,30)(H2,27,28,29)/t15-,17+/m0/s1. The number of hydrogen-bond donors (Lipinski definition) is 4. The van der Waals surface area contributed by atoms with Crippen LogP contribution in [0.1, 0.15) is 36.0 Å². The van der Waals surface area contributed by atoms with E-state index < -0.39 is 11.7 Å². The van der Waals surface area contributed by atoms with Gasteiger partial charge in [-0.2, -0.15) is 0 Å². The number of nitrogens with zero attached hydrogens (tertiary/aromatic N) is 2. The van der Waals surface area contributed by atoms with Gasteiger partial charge in [0.2, 0.25) is 0 Å². The molecule has 8 nitrogen and oxygen atoms in total. The van der Waals surface area contributed by atoms with Crippen LogP contribution in [0.2, 0.25) is 0 Å². The lowest BCUT2D eigenvalue weighted by Crippen LogP contribution is -2.43. The Morgan fingerprint density at radius 3 is 2.77 bits per heavy atom. The van der Waals surface area contributed by atoms with Gasteiger partial charge in [0.25, 0.3) is 5.91 Å². The van der Waals surface area contributed by atoms with Gasteiger partial charge in [-0.3, -0.25) is 9.78 Å². The number of primary amides is 1. The van der Waals surface area contributed by atoms with Crippen LogP contribution in [0.25, 0.3) is 10.9 Å². The molecule has 0 bridgehead atoms. The van der Waals surface area contributed by atoms with Crippen molar-refractivity contribution in [2.45, 2.75) is 37.8 Å². The smallest absolute Gasteiger partial charge is 0.252 e. The maximum absolute atomic E-state index is 14.7. The second-order valence-corrected chi connectivity index (χ2v) is 7.62. The van der Waals surface area contributed by atoms with Gasteiger partial charge in [0.05, 0.1) is 12.7 Å². The summed E-state index contributed by atoms with van der Waals surface area (Å²) in [6.07, 6.45) is 5.44. The number of methoxy groups -OCH3 is 1. The fraction of sp³-hybridized carbons (Fsp3) is 0.318. The molecule has 2 aromatic heterocycles. The fourth-order valence-corrected chi connectivity index (χ4v) is 3.94. The van der Waals surface area contributed by atoms with Gasteiger partial charge < -0.3 is 26.8 Å². The number of hydrogen-bond acceptors (Lipinski definition) is 7. The molecule has 1 aliphatic rings. The van der Waals surface area contributed by atoms with Gasteiger partial charge in [0.15, 0.2) is 11.6 Å². The van der Waals surface area contributed by atoms with Crippen LogP contribution in [0.3, 0.4) is 0 Å². The first-order valence-electron chi connectivity index (χ1n) is 10.2. The van der Waals surface area contributed by atoms with Crippen molar-refractivity contribution in [3.05, 3.63) is 47.9 Å². The van der Waals surface area contributed by atoms with Crippen LogP contribution in [-0.2, 0) is 0 Å². The molecule has 1 aliphatic carbocycles. The molecule has 162 valence electrons. The van der Waals surface area contributed by atoms with Gasteiger partial charge in [-0.15, -0.1) is 0 Å². The van der Waals surface area contributed by atoms with E-state index >= 15 is 0 Å². The Morgan fingerprint density at radius 1 is 1.23 bits per heavy atom. The number of ether oxygens (including phenoxy) is 1. The van der Waals surface area contributed by atoms with Crippen molar-refractivity contribution in [2.24, 2.45) is 11.5 Å². The van der Waals surface area contributed by atoms with E-state index in [9.17, 15) is 9.18 Å². The minimum atomic E-state index is -0.786. The highest BCUT2D eigenvalue weighted by Gasteiger charge is 2.24. The predicted octanol–water partition coefficient (Wildman–Crippen LogP) is 3.30. The molecule has 4 rings (SSSR count). The zero-order valence-corrected chi connectivity index (χ0v) is 17.2. The Morgan fingerprint density at radius 2 is 2.03 bits per heavy atom. The minimum Gasteiger partial charge on any atom is -0.494 e. The highest BCUT2D eigenvalue weighted by atomic mass is 19.1. The number of benzene rings is 1. The molecule has 2 atom stereocenters.